The van der Waals surface area contributed by atoms with Crippen LogP contribution < -0.4 is 5.32 Å². The minimum atomic E-state index is -0.575. The average Bonchev–Trinajstić information content (AvgIpc) is 3.33. The van der Waals surface area contributed by atoms with E-state index < -0.39 is 18.5 Å². The van der Waals surface area contributed by atoms with Crippen LogP contribution in [0.4, 0.5) is 5.69 Å². The SMILES string of the molecule is Cc1cc(C)n(-c2ccc(C(=O)OCC(=O)Nc3cccc4nsnc34)cc2)n1. The number of carbonyl (C=O) groups is 2. The lowest BCUT2D eigenvalue weighted by Crippen LogP contribution is -2.21. The predicted octanol–water partition coefficient (Wildman–Crippen LogP) is 3.29. The Morgan fingerprint density at radius 3 is 2.62 bits per heavy atom. The second-order valence-electron chi connectivity index (χ2n) is 6.45. The number of anilines is 1. The number of aromatic nitrogens is 4. The van der Waals surface area contributed by atoms with Crippen molar-refractivity contribution in [3.8, 4) is 5.69 Å². The van der Waals surface area contributed by atoms with Gasteiger partial charge in [0, 0.05) is 5.69 Å². The summed E-state index contributed by atoms with van der Waals surface area (Å²) in [5.41, 5.74) is 4.96. The number of aryl methyl sites for hydroxylation is 2. The highest BCUT2D eigenvalue weighted by Crippen LogP contribution is 2.21. The maximum Gasteiger partial charge on any atom is 0.338 e. The minimum absolute atomic E-state index is 0.355. The highest BCUT2D eigenvalue weighted by molar-refractivity contribution is 7.00. The minimum Gasteiger partial charge on any atom is -0.452 e. The molecule has 0 aliphatic heterocycles. The van der Waals surface area contributed by atoms with Gasteiger partial charge in [-0.1, -0.05) is 6.07 Å². The van der Waals surface area contributed by atoms with Crippen molar-refractivity contribution in [3.63, 3.8) is 0 Å². The van der Waals surface area contributed by atoms with Crippen LogP contribution in [-0.2, 0) is 9.53 Å². The van der Waals surface area contributed by atoms with E-state index in [0.717, 1.165) is 28.8 Å². The van der Waals surface area contributed by atoms with Crippen molar-refractivity contribution >= 4 is 40.3 Å². The first-order chi connectivity index (χ1) is 14.0. The first kappa shape index (κ1) is 18.8. The Morgan fingerprint density at radius 1 is 1.10 bits per heavy atom. The van der Waals surface area contributed by atoms with Gasteiger partial charge in [0.2, 0.25) is 0 Å². The number of amides is 1. The van der Waals surface area contributed by atoms with Gasteiger partial charge in [0.05, 0.1) is 34.4 Å². The van der Waals surface area contributed by atoms with Crippen molar-refractivity contribution in [2.24, 2.45) is 0 Å². The monoisotopic (exact) mass is 407 g/mol. The molecule has 4 aromatic rings. The zero-order valence-electron chi connectivity index (χ0n) is 15.7. The second kappa shape index (κ2) is 7.80. The summed E-state index contributed by atoms with van der Waals surface area (Å²) in [6.45, 7) is 3.49. The molecule has 1 N–H and O–H groups in total. The Labute approximate surface area is 170 Å². The fraction of sp³-hybridized carbons (Fsp3) is 0.150. The maximum atomic E-state index is 12.2. The highest BCUT2D eigenvalue weighted by Gasteiger charge is 2.13. The van der Waals surface area contributed by atoms with Crippen LogP contribution in [0.2, 0.25) is 0 Å². The highest BCUT2D eigenvalue weighted by atomic mass is 32.1. The first-order valence-electron chi connectivity index (χ1n) is 8.83. The van der Waals surface area contributed by atoms with E-state index in [4.69, 9.17) is 4.74 Å². The van der Waals surface area contributed by atoms with Crippen molar-refractivity contribution in [2.45, 2.75) is 13.8 Å². The number of fused-ring (bicyclic) bond motifs is 1. The molecule has 0 unspecified atom stereocenters. The number of esters is 1. The van der Waals surface area contributed by atoms with Gasteiger partial charge in [0.25, 0.3) is 5.91 Å². The summed E-state index contributed by atoms with van der Waals surface area (Å²) in [6, 6.07) is 14.1. The topological polar surface area (TPSA) is 99.0 Å². The lowest BCUT2D eigenvalue weighted by molar-refractivity contribution is -0.119. The normalized spacial score (nSPS) is 10.8. The molecule has 4 rings (SSSR count). The molecular weight excluding hydrogens is 390 g/mol. The molecule has 2 aromatic heterocycles. The van der Waals surface area contributed by atoms with Gasteiger partial charge in [-0.05, 0) is 56.3 Å². The average molecular weight is 407 g/mol. The van der Waals surface area contributed by atoms with Gasteiger partial charge in [-0.3, -0.25) is 4.79 Å². The lowest BCUT2D eigenvalue weighted by atomic mass is 10.2. The molecule has 0 bridgehead atoms. The van der Waals surface area contributed by atoms with E-state index in [9.17, 15) is 9.59 Å². The summed E-state index contributed by atoms with van der Waals surface area (Å²) in [5, 5.41) is 7.10. The summed E-state index contributed by atoms with van der Waals surface area (Å²) in [7, 11) is 0. The Hall–Kier alpha value is -3.59. The molecule has 0 atom stereocenters. The molecule has 146 valence electrons. The molecule has 8 nitrogen and oxygen atoms in total. The Kier molecular flexibility index (Phi) is 5.05. The van der Waals surface area contributed by atoms with Crippen molar-refractivity contribution in [1.29, 1.82) is 0 Å². The summed E-state index contributed by atoms with van der Waals surface area (Å²) in [4.78, 5) is 24.4. The van der Waals surface area contributed by atoms with Gasteiger partial charge in [-0.2, -0.15) is 13.8 Å². The predicted molar refractivity (Wildman–Crippen MR) is 109 cm³/mol. The summed E-state index contributed by atoms with van der Waals surface area (Å²) in [6.07, 6.45) is 0. The van der Waals surface area contributed by atoms with Crippen LogP contribution >= 0.6 is 11.7 Å². The van der Waals surface area contributed by atoms with Crippen LogP contribution in [0.15, 0.2) is 48.5 Å². The third-order valence-electron chi connectivity index (χ3n) is 4.25. The van der Waals surface area contributed by atoms with Crippen molar-refractivity contribution in [1.82, 2.24) is 18.5 Å². The maximum absolute atomic E-state index is 12.2. The van der Waals surface area contributed by atoms with Crippen molar-refractivity contribution in [2.75, 3.05) is 11.9 Å². The number of hydrogen-bond donors (Lipinski definition) is 1. The standard InChI is InChI=1S/C20H17N5O3S/c1-12-10-13(2)25(22-12)15-8-6-14(7-9-15)20(27)28-11-18(26)21-16-4-3-5-17-19(16)24-29-23-17/h3-10H,11H2,1-2H3,(H,21,26). The molecule has 2 aromatic carbocycles. The summed E-state index contributed by atoms with van der Waals surface area (Å²) < 4.78 is 15.2. The Bertz CT molecular complexity index is 1200. The number of carbonyl (C=O) groups excluding carboxylic acids is 2. The van der Waals surface area contributed by atoms with Gasteiger partial charge in [0.15, 0.2) is 6.61 Å². The number of hydrogen-bond acceptors (Lipinski definition) is 7. The van der Waals surface area contributed by atoms with Gasteiger partial charge in [-0.15, -0.1) is 0 Å². The van der Waals surface area contributed by atoms with Gasteiger partial charge in [0.1, 0.15) is 11.0 Å². The van der Waals surface area contributed by atoms with Crippen LogP contribution in [0.1, 0.15) is 21.7 Å². The number of nitrogens with one attached hydrogen (secondary N) is 1. The molecule has 0 fully saturated rings. The molecule has 29 heavy (non-hydrogen) atoms. The molecule has 2 heterocycles. The quantitative estimate of drug-likeness (QED) is 0.510. The fourth-order valence-electron chi connectivity index (χ4n) is 2.94. The van der Waals surface area contributed by atoms with Gasteiger partial charge in [-0.25, -0.2) is 9.48 Å². The van der Waals surface area contributed by atoms with E-state index >= 15 is 0 Å². The van der Waals surface area contributed by atoms with E-state index in [-0.39, 0.29) is 0 Å². The van der Waals surface area contributed by atoms with Crippen LogP contribution in [0, 0.1) is 13.8 Å². The van der Waals surface area contributed by atoms with Crippen molar-refractivity contribution in [3.05, 3.63) is 65.5 Å². The molecule has 0 saturated heterocycles. The first-order valence-corrected chi connectivity index (χ1v) is 9.56. The lowest BCUT2D eigenvalue weighted by Gasteiger charge is -2.08. The fourth-order valence-corrected chi connectivity index (χ4v) is 3.49. The van der Waals surface area contributed by atoms with Gasteiger partial charge >= 0.3 is 5.97 Å². The second-order valence-corrected chi connectivity index (χ2v) is 6.98. The number of rotatable bonds is 5. The number of ether oxygens (including phenoxy) is 1. The Balaban J connectivity index is 1.37. The van der Waals surface area contributed by atoms with Gasteiger partial charge < -0.3 is 10.1 Å². The number of benzene rings is 2. The Morgan fingerprint density at radius 2 is 1.90 bits per heavy atom. The third kappa shape index (κ3) is 3.99. The molecule has 1 amide bonds. The van der Waals surface area contributed by atoms with E-state index in [2.05, 4.69) is 19.2 Å². The molecule has 0 aliphatic rings. The molecule has 9 heteroatoms. The summed E-state index contributed by atoms with van der Waals surface area (Å²) in [5.74, 6) is -1.02. The smallest absolute Gasteiger partial charge is 0.338 e. The van der Waals surface area contributed by atoms with Crippen LogP contribution in [0.3, 0.4) is 0 Å². The van der Waals surface area contributed by atoms with Crippen LogP contribution in [0.25, 0.3) is 16.7 Å². The zero-order valence-corrected chi connectivity index (χ0v) is 16.6. The zero-order chi connectivity index (χ0) is 20.4. The molecule has 0 spiro atoms. The van der Waals surface area contributed by atoms with Crippen LogP contribution in [-0.4, -0.2) is 37.0 Å². The molecule has 0 saturated carbocycles. The van der Waals surface area contributed by atoms with E-state index in [1.165, 1.54) is 0 Å². The van der Waals surface area contributed by atoms with E-state index in [1.54, 1.807) is 41.1 Å². The molecular formula is C20H17N5O3S. The largest absolute Gasteiger partial charge is 0.452 e. The summed E-state index contributed by atoms with van der Waals surface area (Å²) >= 11 is 1.07. The molecule has 0 radical (unpaired) electrons. The van der Waals surface area contributed by atoms with E-state index in [0.29, 0.717) is 22.3 Å². The molecule has 0 aliphatic carbocycles. The number of nitrogens with zero attached hydrogens (tertiary/aromatic N) is 4. The van der Waals surface area contributed by atoms with Crippen molar-refractivity contribution < 1.29 is 14.3 Å². The van der Waals surface area contributed by atoms with Crippen LogP contribution in [0.5, 0.6) is 0 Å². The van der Waals surface area contributed by atoms with E-state index in [1.807, 2.05) is 26.0 Å². The third-order valence-corrected chi connectivity index (χ3v) is 4.79.